The Bertz CT molecular complexity index is 793. The van der Waals surface area contributed by atoms with Crippen molar-refractivity contribution in [2.24, 2.45) is 0 Å². The summed E-state index contributed by atoms with van der Waals surface area (Å²) in [5.41, 5.74) is 6.80. The quantitative estimate of drug-likeness (QED) is 0.619. The maximum absolute atomic E-state index is 11.9. The van der Waals surface area contributed by atoms with Crippen molar-refractivity contribution in [3.05, 3.63) is 57.4 Å². The fourth-order valence-electron chi connectivity index (χ4n) is 3.48. The smallest absolute Gasteiger partial charge is 0.337 e. The largest absolute Gasteiger partial charge is 0.478 e. The first-order valence-corrected chi connectivity index (χ1v) is 9.63. The third-order valence-corrected chi connectivity index (χ3v) is 5.11. The van der Waals surface area contributed by atoms with Gasteiger partial charge in [-0.1, -0.05) is 23.8 Å². The zero-order valence-corrected chi connectivity index (χ0v) is 17.2. The van der Waals surface area contributed by atoms with E-state index < -0.39 is 5.97 Å². The standard InChI is InChI=1S/C22H32N2O3/c1-6-27-11-7-10-23-13-20-17(4)24(18(5)21(20)22(25)26)14-19-12-15(2)8-9-16(19)3/h8-9,12,23H,6-7,10-11,13-14H2,1-5H3,(H,25,26). The highest BCUT2D eigenvalue weighted by Gasteiger charge is 2.22. The van der Waals surface area contributed by atoms with E-state index in [4.69, 9.17) is 4.74 Å². The molecule has 0 unspecified atom stereocenters. The Morgan fingerprint density at radius 3 is 2.59 bits per heavy atom. The van der Waals surface area contributed by atoms with Gasteiger partial charge in [-0.25, -0.2) is 4.79 Å². The Morgan fingerprint density at radius 2 is 1.93 bits per heavy atom. The van der Waals surface area contributed by atoms with Crippen LogP contribution < -0.4 is 5.32 Å². The third-order valence-electron chi connectivity index (χ3n) is 5.11. The molecule has 0 radical (unpaired) electrons. The molecule has 1 aromatic heterocycles. The van der Waals surface area contributed by atoms with E-state index in [2.05, 4.69) is 41.9 Å². The number of aromatic nitrogens is 1. The Hall–Kier alpha value is -2.11. The van der Waals surface area contributed by atoms with Gasteiger partial charge >= 0.3 is 5.97 Å². The molecule has 0 bridgehead atoms. The molecule has 0 saturated carbocycles. The highest BCUT2D eigenvalue weighted by molar-refractivity contribution is 5.91. The van der Waals surface area contributed by atoms with Gasteiger partial charge in [0.25, 0.3) is 0 Å². The SMILES string of the molecule is CCOCCCNCc1c(C(=O)O)c(C)n(Cc2cc(C)ccc2C)c1C. The average molecular weight is 373 g/mol. The topological polar surface area (TPSA) is 63.5 Å². The van der Waals surface area contributed by atoms with Crippen molar-refractivity contribution >= 4 is 5.97 Å². The van der Waals surface area contributed by atoms with E-state index in [1.165, 1.54) is 16.7 Å². The number of benzene rings is 1. The maximum atomic E-state index is 11.9. The normalized spacial score (nSPS) is 11.1. The summed E-state index contributed by atoms with van der Waals surface area (Å²) in [7, 11) is 0. The van der Waals surface area contributed by atoms with Crippen LogP contribution in [0.1, 0.15) is 57.3 Å². The number of hydrogen-bond donors (Lipinski definition) is 2. The van der Waals surface area contributed by atoms with Crippen LogP contribution in [0.3, 0.4) is 0 Å². The summed E-state index contributed by atoms with van der Waals surface area (Å²) >= 11 is 0. The van der Waals surface area contributed by atoms with E-state index in [9.17, 15) is 9.90 Å². The number of carboxylic acid groups (broad SMARTS) is 1. The Balaban J connectivity index is 2.23. The minimum atomic E-state index is -0.860. The number of nitrogens with one attached hydrogen (secondary N) is 1. The molecular formula is C22H32N2O3. The molecule has 0 aliphatic carbocycles. The molecule has 0 aliphatic rings. The van der Waals surface area contributed by atoms with Crippen LogP contribution in [0.4, 0.5) is 0 Å². The Labute approximate surface area is 162 Å². The van der Waals surface area contributed by atoms with Crippen molar-refractivity contribution in [2.75, 3.05) is 19.8 Å². The lowest BCUT2D eigenvalue weighted by molar-refractivity contribution is 0.0694. The fourth-order valence-corrected chi connectivity index (χ4v) is 3.48. The van der Waals surface area contributed by atoms with Gasteiger partial charge in [0.2, 0.25) is 0 Å². The number of ether oxygens (including phenoxy) is 1. The molecule has 27 heavy (non-hydrogen) atoms. The molecule has 0 spiro atoms. The van der Waals surface area contributed by atoms with E-state index in [1.54, 1.807) is 0 Å². The molecule has 1 aromatic carbocycles. The van der Waals surface area contributed by atoms with Crippen LogP contribution in [0.25, 0.3) is 0 Å². The molecule has 5 heteroatoms. The summed E-state index contributed by atoms with van der Waals surface area (Å²) in [5, 5.41) is 13.1. The van der Waals surface area contributed by atoms with E-state index in [-0.39, 0.29) is 0 Å². The predicted molar refractivity (Wildman–Crippen MR) is 109 cm³/mol. The van der Waals surface area contributed by atoms with Gasteiger partial charge in [-0.05, 0) is 58.7 Å². The van der Waals surface area contributed by atoms with Gasteiger partial charge in [0.05, 0.1) is 5.56 Å². The van der Waals surface area contributed by atoms with Gasteiger partial charge in [-0.15, -0.1) is 0 Å². The van der Waals surface area contributed by atoms with Gasteiger partial charge in [0, 0.05) is 43.3 Å². The molecule has 1 heterocycles. The van der Waals surface area contributed by atoms with Crippen molar-refractivity contribution in [1.29, 1.82) is 0 Å². The van der Waals surface area contributed by atoms with Gasteiger partial charge in [-0.2, -0.15) is 0 Å². The average Bonchev–Trinajstić information content (AvgIpc) is 2.85. The lowest BCUT2D eigenvalue weighted by Gasteiger charge is -2.13. The summed E-state index contributed by atoms with van der Waals surface area (Å²) in [4.78, 5) is 11.9. The third kappa shape index (κ3) is 5.21. The summed E-state index contributed by atoms with van der Waals surface area (Å²) < 4.78 is 7.47. The number of nitrogens with zero attached hydrogens (tertiary/aromatic N) is 1. The number of carboxylic acids is 1. The van der Waals surface area contributed by atoms with Crippen LogP contribution in [0.15, 0.2) is 18.2 Å². The van der Waals surface area contributed by atoms with Crippen LogP contribution in [0.2, 0.25) is 0 Å². The predicted octanol–water partition coefficient (Wildman–Crippen LogP) is 3.98. The van der Waals surface area contributed by atoms with Crippen LogP contribution in [-0.2, 0) is 17.8 Å². The van der Waals surface area contributed by atoms with Crippen molar-refractivity contribution in [3.8, 4) is 0 Å². The summed E-state index contributed by atoms with van der Waals surface area (Å²) in [6, 6.07) is 6.41. The zero-order chi connectivity index (χ0) is 20.0. The van der Waals surface area contributed by atoms with Crippen LogP contribution >= 0.6 is 0 Å². The minimum Gasteiger partial charge on any atom is -0.478 e. The van der Waals surface area contributed by atoms with Crippen molar-refractivity contribution in [1.82, 2.24) is 9.88 Å². The van der Waals surface area contributed by atoms with E-state index >= 15 is 0 Å². The number of hydrogen-bond acceptors (Lipinski definition) is 3. The second-order valence-electron chi connectivity index (χ2n) is 7.07. The molecule has 0 saturated heterocycles. The fraction of sp³-hybridized carbons (Fsp3) is 0.500. The summed E-state index contributed by atoms with van der Waals surface area (Å²) in [6.45, 7) is 13.6. The van der Waals surface area contributed by atoms with Crippen molar-refractivity contribution in [2.45, 2.75) is 54.1 Å². The summed E-state index contributed by atoms with van der Waals surface area (Å²) in [6.07, 6.45) is 0.914. The van der Waals surface area contributed by atoms with Gasteiger partial charge in [-0.3, -0.25) is 0 Å². The molecule has 2 rings (SSSR count). The number of rotatable bonds is 10. The Kier molecular flexibility index (Phi) is 7.63. The zero-order valence-electron chi connectivity index (χ0n) is 17.2. The first kappa shape index (κ1) is 21.2. The second kappa shape index (κ2) is 9.72. The number of aryl methyl sites for hydroxylation is 2. The van der Waals surface area contributed by atoms with Crippen LogP contribution in [0.5, 0.6) is 0 Å². The summed E-state index contributed by atoms with van der Waals surface area (Å²) in [5.74, 6) is -0.860. The first-order chi connectivity index (χ1) is 12.9. The monoisotopic (exact) mass is 372 g/mol. The highest BCUT2D eigenvalue weighted by Crippen LogP contribution is 2.25. The lowest BCUT2D eigenvalue weighted by Crippen LogP contribution is -2.18. The van der Waals surface area contributed by atoms with Crippen LogP contribution in [0, 0.1) is 27.7 Å². The first-order valence-electron chi connectivity index (χ1n) is 9.63. The van der Waals surface area contributed by atoms with E-state index in [1.807, 2.05) is 20.8 Å². The Morgan fingerprint density at radius 1 is 1.19 bits per heavy atom. The molecule has 0 amide bonds. The van der Waals surface area contributed by atoms with Gasteiger partial charge in [0.15, 0.2) is 0 Å². The number of carbonyl (C=O) groups is 1. The van der Waals surface area contributed by atoms with Crippen molar-refractivity contribution < 1.29 is 14.6 Å². The molecule has 0 atom stereocenters. The second-order valence-corrected chi connectivity index (χ2v) is 7.07. The molecular weight excluding hydrogens is 340 g/mol. The molecule has 5 nitrogen and oxygen atoms in total. The van der Waals surface area contributed by atoms with E-state index in [0.29, 0.717) is 18.7 Å². The van der Waals surface area contributed by atoms with Gasteiger partial charge in [0.1, 0.15) is 0 Å². The number of aromatic carboxylic acids is 1. The maximum Gasteiger partial charge on any atom is 0.337 e. The highest BCUT2D eigenvalue weighted by atomic mass is 16.5. The van der Waals surface area contributed by atoms with E-state index in [0.717, 1.165) is 43.1 Å². The molecule has 148 valence electrons. The molecule has 2 aromatic rings. The van der Waals surface area contributed by atoms with Crippen LogP contribution in [-0.4, -0.2) is 35.4 Å². The molecule has 0 fully saturated rings. The lowest BCUT2D eigenvalue weighted by atomic mass is 10.1. The molecule has 0 aliphatic heterocycles. The van der Waals surface area contributed by atoms with Gasteiger partial charge < -0.3 is 19.7 Å². The molecule has 2 N–H and O–H groups in total. The van der Waals surface area contributed by atoms with Crippen molar-refractivity contribution in [3.63, 3.8) is 0 Å². The minimum absolute atomic E-state index is 0.426.